The maximum atomic E-state index is 13.7. The first-order valence-corrected chi connectivity index (χ1v) is 12.8. The first-order valence-electron chi connectivity index (χ1n) is 12.8. The number of benzene rings is 3. The van der Waals surface area contributed by atoms with Crippen LogP contribution in [0.3, 0.4) is 0 Å². The van der Waals surface area contributed by atoms with Crippen LogP contribution in [0.4, 0.5) is 10.5 Å². The number of cyclic esters (lactones) is 1. The van der Waals surface area contributed by atoms with E-state index in [1.54, 1.807) is 18.2 Å². The van der Waals surface area contributed by atoms with E-state index in [-0.39, 0.29) is 12.2 Å². The van der Waals surface area contributed by atoms with Crippen LogP contribution in [0.25, 0.3) is 0 Å². The number of hydrogen-bond acceptors (Lipinski definition) is 4. The Hall–Kier alpha value is -3.93. The normalized spacial score (nSPS) is 17.6. The molecule has 0 radical (unpaired) electrons. The minimum atomic E-state index is -1.17. The molecule has 0 aromatic heterocycles. The van der Waals surface area contributed by atoms with Gasteiger partial charge in [-0.1, -0.05) is 79.7 Å². The predicted octanol–water partition coefficient (Wildman–Crippen LogP) is 6.41. The zero-order valence-electron chi connectivity index (χ0n) is 21.1. The molecular weight excluding hydrogens is 466 g/mol. The lowest BCUT2D eigenvalue weighted by atomic mass is 9.73. The Morgan fingerprint density at radius 2 is 1.54 bits per heavy atom. The minimum absolute atomic E-state index is 0.110. The van der Waals surface area contributed by atoms with E-state index in [2.05, 4.69) is 5.32 Å². The molecule has 1 aliphatic heterocycles. The van der Waals surface area contributed by atoms with Gasteiger partial charge in [0.1, 0.15) is 11.5 Å². The Morgan fingerprint density at radius 1 is 0.946 bits per heavy atom. The summed E-state index contributed by atoms with van der Waals surface area (Å²) in [5.41, 5.74) is 2.56. The van der Waals surface area contributed by atoms with Crippen LogP contribution < -0.4 is 5.32 Å². The molecule has 1 saturated heterocycles. The first kappa shape index (κ1) is 26.1. The van der Waals surface area contributed by atoms with Gasteiger partial charge in [-0.3, -0.25) is 14.9 Å². The van der Waals surface area contributed by atoms with Crippen LogP contribution in [0.2, 0.25) is 0 Å². The molecule has 1 aliphatic rings. The third-order valence-corrected chi connectivity index (χ3v) is 7.25. The Morgan fingerprint density at radius 3 is 2.05 bits per heavy atom. The van der Waals surface area contributed by atoms with Crippen molar-refractivity contribution < 1.29 is 24.2 Å². The molecule has 37 heavy (non-hydrogen) atoms. The summed E-state index contributed by atoms with van der Waals surface area (Å²) in [7, 11) is 0. The summed E-state index contributed by atoms with van der Waals surface area (Å²) in [6.07, 6.45) is 2.11. The summed E-state index contributed by atoms with van der Waals surface area (Å²) < 4.78 is 6.23. The zero-order valence-corrected chi connectivity index (χ0v) is 21.1. The fourth-order valence-electron chi connectivity index (χ4n) is 5.33. The number of anilines is 1. The highest BCUT2D eigenvalue weighted by Crippen LogP contribution is 2.41. The van der Waals surface area contributed by atoms with Gasteiger partial charge in [0.15, 0.2) is 5.78 Å². The lowest BCUT2D eigenvalue weighted by Gasteiger charge is -2.41. The van der Waals surface area contributed by atoms with Crippen molar-refractivity contribution in [3.63, 3.8) is 0 Å². The average Bonchev–Trinajstić information content (AvgIpc) is 2.89. The van der Waals surface area contributed by atoms with Crippen molar-refractivity contribution in [1.82, 2.24) is 0 Å². The van der Waals surface area contributed by atoms with E-state index in [0.29, 0.717) is 37.8 Å². The second-order valence-corrected chi connectivity index (χ2v) is 9.77. The summed E-state index contributed by atoms with van der Waals surface area (Å²) in [6.45, 7) is 1.93. The molecule has 3 aromatic rings. The van der Waals surface area contributed by atoms with Gasteiger partial charge in [0.2, 0.25) is 0 Å². The van der Waals surface area contributed by atoms with Gasteiger partial charge in [0.25, 0.3) is 0 Å². The van der Waals surface area contributed by atoms with Crippen LogP contribution in [0.15, 0.2) is 84.9 Å². The maximum absolute atomic E-state index is 13.7. The summed E-state index contributed by atoms with van der Waals surface area (Å²) in [4.78, 5) is 38.3. The predicted molar refractivity (Wildman–Crippen MR) is 143 cm³/mol. The van der Waals surface area contributed by atoms with E-state index in [1.165, 1.54) is 0 Å². The number of rotatable bonds is 10. The number of amides is 1. The maximum Gasteiger partial charge on any atom is 0.409 e. The van der Waals surface area contributed by atoms with Crippen LogP contribution in [-0.4, -0.2) is 28.6 Å². The van der Waals surface area contributed by atoms with Crippen molar-refractivity contribution in [2.75, 3.05) is 5.32 Å². The van der Waals surface area contributed by atoms with Crippen molar-refractivity contribution in [2.24, 2.45) is 5.92 Å². The Bertz CT molecular complexity index is 1160. The summed E-state index contributed by atoms with van der Waals surface area (Å²) >= 11 is 0. The molecule has 0 aliphatic carbocycles. The van der Waals surface area contributed by atoms with Crippen LogP contribution in [0.1, 0.15) is 55.2 Å². The molecule has 2 atom stereocenters. The van der Waals surface area contributed by atoms with E-state index in [0.717, 1.165) is 16.7 Å². The SMILES string of the molecule is CCC(c1cccc(NC(=O)O)c1)C1C(=O)CC(CCc2ccccc2)(CCc2ccccc2)OC1=O. The van der Waals surface area contributed by atoms with Gasteiger partial charge in [-0.05, 0) is 60.9 Å². The van der Waals surface area contributed by atoms with Gasteiger partial charge in [0, 0.05) is 18.0 Å². The largest absolute Gasteiger partial charge is 0.465 e. The number of carbonyl (C=O) groups excluding carboxylic acids is 2. The van der Waals surface area contributed by atoms with Crippen molar-refractivity contribution in [2.45, 2.75) is 57.0 Å². The fraction of sp³-hybridized carbons (Fsp3) is 0.323. The van der Waals surface area contributed by atoms with Crippen LogP contribution in [0.5, 0.6) is 0 Å². The van der Waals surface area contributed by atoms with Gasteiger partial charge in [-0.25, -0.2) is 4.79 Å². The molecule has 0 bridgehead atoms. The molecule has 2 unspecified atom stereocenters. The molecule has 1 amide bonds. The van der Waals surface area contributed by atoms with Gasteiger partial charge >= 0.3 is 12.1 Å². The molecule has 0 spiro atoms. The molecule has 1 heterocycles. The van der Waals surface area contributed by atoms with E-state index in [4.69, 9.17) is 9.84 Å². The number of esters is 1. The smallest absolute Gasteiger partial charge is 0.409 e. The van der Waals surface area contributed by atoms with E-state index in [9.17, 15) is 14.4 Å². The van der Waals surface area contributed by atoms with Crippen molar-refractivity contribution >= 4 is 23.5 Å². The van der Waals surface area contributed by atoms with E-state index < -0.39 is 29.5 Å². The monoisotopic (exact) mass is 499 g/mol. The Labute approximate surface area is 217 Å². The number of carboxylic acid groups (broad SMARTS) is 1. The Kier molecular flexibility index (Phi) is 8.39. The highest BCUT2D eigenvalue weighted by molar-refractivity contribution is 6.02. The molecule has 2 N–H and O–H groups in total. The van der Waals surface area contributed by atoms with Crippen LogP contribution in [-0.2, 0) is 27.2 Å². The molecular formula is C31H33NO5. The van der Waals surface area contributed by atoms with Crippen LogP contribution in [0, 0.1) is 5.92 Å². The van der Waals surface area contributed by atoms with E-state index in [1.807, 2.05) is 73.7 Å². The molecule has 1 fully saturated rings. The number of ketones is 1. The van der Waals surface area contributed by atoms with Crippen molar-refractivity contribution in [3.05, 3.63) is 102 Å². The minimum Gasteiger partial charge on any atom is -0.465 e. The number of carbonyl (C=O) groups is 3. The fourth-order valence-corrected chi connectivity index (χ4v) is 5.33. The van der Waals surface area contributed by atoms with Gasteiger partial charge in [-0.15, -0.1) is 0 Å². The molecule has 4 rings (SSSR count). The molecule has 6 nitrogen and oxygen atoms in total. The molecule has 0 saturated carbocycles. The van der Waals surface area contributed by atoms with E-state index >= 15 is 0 Å². The average molecular weight is 500 g/mol. The number of aryl methyl sites for hydroxylation is 2. The number of ether oxygens (including phenoxy) is 1. The molecule has 3 aromatic carbocycles. The number of nitrogens with one attached hydrogen (secondary N) is 1. The highest BCUT2D eigenvalue weighted by Gasteiger charge is 2.49. The number of hydrogen-bond donors (Lipinski definition) is 2. The summed E-state index contributed by atoms with van der Waals surface area (Å²) in [6, 6.07) is 27.0. The highest BCUT2D eigenvalue weighted by atomic mass is 16.6. The zero-order chi connectivity index (χ0) is 26.3. The number of Topliss-reactive ketones (excluding diaryl/α,β-unsaturated/α-hetero) is 1. The molecule has 6 heteroatoms. The van der Waals surface area contributed by atoms with Crippen molar-refractivity contribution in [1.29, 1.82) is 0 Å². The Balaban J connectivity index is 1.56. The van der Waals surface area contributed by atoms with Crippen LogP contribution >= 0.6 is 0 Å². The summed E-state index contributed by atoms with van der Waals surface area (Å²) in [5.74, 6) is -1.90. The van der Waals surface area contributed by atoms with Gasteiger partial charge < -0.3 is 9.84 Å². The lowest BCUT2D eigenvalue weighted by molar-refractivity contribution is -0.180. The summed E-state index contributed by atoms with van der Waals surface area (Å²) in [5, 5.41) is 11.4. The first-order chi connectivity index (χ1) is 17.9. The topological polar surface area (TPSA) is 92.7 Å². The second kappa shape index (κ2) is 11.9. The molecule has 192 valence electrons. The lowest BCUT2D eigenvalue weighted by Crippen LogP contribution is -2.49. The third-order valence-electron chi connectivity index (χ3n) is 7.25. The van der Waals surface area contributed by atoms with Crippen molar-refractivity contribution in [3.8, 4) is 0 Å². The quantitative estimate of drug-likeness (QED) is 0.248. The van der Waals surface area contributed by atoms with Gasteiger partial charge in [-0.2, -0.15) is 0 Å². The standard InChI is InChI=1S/C31H33NO5/c1-2-26(24-14-9-15-25(20-24)32-30(35)36)28-27(33)21-31(37-29(28)34,18-16-22-10-5-3-6-11-22)19-17-23-12-7-4-8-13-23/h3-15,20,26,28,32H,2,16-19,21H2,1H3,(H,35,36). The second-order valence-electron chi connectivity index (χ2n) is 9.77. The van der Waals surface area contributed by atoms with Gasteiger partial charge in [0.05, 0.1) is 0 Å². The third kappa shape index (κ3) is 6.64.